The lowest BCUT2D eigenvalue weighted by Gasteiger charge is -2.04. The predicted molar refractivity (Wildman–Crippen MR) is 95.8 cm³/mol. The molecule has 0 aliphatic heterocycles. The highest BCUT2D eigenvalue weighted by atomic mass is 32.1. The van der Waals surface area contributed by atoms with Crippen LogP contribution in [0.15, 0.2) is 35.6 Å². The zero-order chi connectivity index (χ0) is 17.6. The Bertz CT molecular complexity index is 1170. The number of aryl methyl sites for hydroxylation is 2. The SMILES string of the molecule is Cc1ccc2nc(NC(=O)Cn3cnc4ncn(C)c(=O)c43)sc2c1. The standard InChI is InChI=1S/C16H14N6O2S/c1-9-3-4-10-11(5-9)25-16(19-10)20-12(23)6-22-8-18-14-13(22)15(24)21(2)7-17-14/h3-5,7-8H,6H2,1-2H3,(H,19,20,23). The van der Waals surface area contributed by atoms with Gasteiger partial charge in [-0.05, 0) is 24.6 Å². The van der Waals surface area contributed by atoms with Crippen LogP contribution in [0, 0.1) is 6.92 Å². The number of anilines is 1. The number of carbonyl (C=O) groups is 1. The number of rotatable bonds is 3. The Morgan fingerprint density at radius 3 is 2.92 bits per heavy atom. The lowest BCUT2D eigenvalue weighted by atomic mass is 10.2. The van der Waals surface area contributed by atoms with Gasteiger partial charge in [-0.1, -0.05) is 17.4 Å². The minimum absolute atomic E-state index is 0.0353. The molecule has 0 saturated carbocycles. The maximum atomic E-state index is 12.3. The molecule has 0 aliphatic carbocycles. The molecule has 1 N–H and O–H groups in total. The summed E-state index contributed by atoms with van der Waals surface area (Å²) in [6.45, 7) is 1.97. The molecule has 4 aromatic rings. The van der Waals surface area contributed by atoms with Crippen molar-refractivity contribution in [1.29, 1.82) is 0 Å². The molecule has 9 heteroatoms. The molecule has 0 fully saturated rings. The summed E-state index contributed by atoms with van der Waals surface area (Å²) >= 11 is 1.42. The number of benzene rings is 1. The van der Waals surface area contributed by atoms with Gasteiger partial charge in [0.05, 0.1) is 22.9 Å². The van der Waals surface area contributed by atoms with Crippen molar-refractivity contribution in [1.82, 2.24) is 24.1 Å². The highest BCUT2D eigenvalue weighted by molar-refractivity contribution is 7.22. The summed E-state index contributed by atoms with van der Waals surface area (Å²) in [6, 6.07) is 5.94. The molecule has 4 rings (SSSR count). The van der Waals surface area contributed by atoms with Gasteiger partial charge in [0.25, 0.3) is 5.56 Å². The van der Waals surface area contributed by atoms with Crippen molar-refractivity contribution in [3.05, 3.63) is 46.8 Å². The molecular weight excluding hydrogens is 340 g/mol. The monoisotopic (exact) mass is 354 g/mol. The van der Waals surface area contributed by atoms with Gasteiger partial charge in [-0.3, -0.25) is 9.59 Å². The van der Waals surface area contributed by atoms with E-state index in [1.807, 2.05) is 25.1 Å². The van der Waals surface area contributed by atoms with Crippen molar-refractivity contribution >= 4 is 43.8 Å². The van der Waals surface area contributed by atoms with Gasteiger partial charge in [-0.25, -0.2) is 15.0 Å². The summed E-state index contributed by atoms with van der Waals surface area (Å²) in [5.41, 5.74) is 2.37. The van der Waals surface area contributed by atoms with Gasteiger partial charge in [0.15, 0.2) is 16.3 Å². The van der Waals surface area contributed by atoms with E-state index >= 15 is 0 Å². The van der Waals surface area contributed by atoms with Gasteiger partial charge in [-0.15, -0.1) is 0 Å². The van der Waals surface area contributed by atoms with Crippen molar-refractivity contribution in [2.75, 3.05) is 5.32 Å². The third-order valence-electron chi connectivity index (χ3n) is 3.80. The van der Waals surface area contributed by atoms with E-state index in [1.54, 1.807) is 7.05 Å². The maximum Gasteiger partial charge on any atom is 0.279 e. The number of imidazole rings is 1. The Balaban J connectivity index is 1.59. The molecule has 126 valence electrons. The second-order valence-electron chi connectivity index (χ2n) is 5.74. The molecule has 3 heterocycles. The number of hydrogen-bond acceptors (Lipinski definition) is 6. The van der Waals surface area contributed by atoms with Crippen LogP contribution < -0.4 is 10.9 Å². The van der Waals surface area contributed by atoms with Gasteiger partial charge in [0.2, 0.25) is 5.91 Å². The van der Waals surface area contributed by atoms with Gasteiger partial charge in [-0.2, -0.15) is 0 Å². The average Bonchev–Trinajstić information content (AvgIpc) is 3.14. The molecule has 0 aliphatic rings. The fourth-order valence-electron chi connectivity index (χ4n) is 2.56. The topological polar surface area (TPSA) is 94.7 Å². The highest BCUT2D eigenvalue weighted by Crippen LogP contribution is 2.26. The van der Waals surface area contributed by atoms with Crippen LogP contribution in [0.4, 0.5) is 5.13 Å². The van der Waals surface area contributed by atoms with E-state index in [4.69, 9.17) is 0 Å². The second kappa shape index (κ2) is 5.78. The number of fused-ring (bicyclic) bond motifs is 2. The van der Waals surface area contributed by atoms with Gasteiger partial charge in [0.1, 0.15) is 6.54 Å². The minimum Gasteiger partial charge on any atom is -0.315 e. The Kier molecular flexibility index (Phi) is 3.57. The quantitative estimate of drug-likeness (QED) is 0.604. The zero-order valence-corrected chi connectivity index (χ0v) is 14.4. The van der Waals surface area contributed by atoms with E-state index in [-0.39, 0.29) is 18.0 Å². The molecule has 0 radical (unpaired) electrons. The molecule has 0 saturated heterocycles. The summed E-state index contributed by atoms with van der Waals surface area (Å²) in [4.78, 5) is 37.1. The number of carbonyl (C=O) groups excluding carboxylic acids is 1. The first-order valence-electron chi connectivity index (χ1n) is 7.55. The Morgan fingerprint density at radius 2 is 2.08 bits per heavy atom. The summed E-state index contributed by atoms with van der Waals surface area (Å²) < 4.78 is 3.87. The molecule has 8 nitrogen and oxygen atoms in total. The molecule has 1 amide bonds. The van der Waals surface area contributed by atoms with Crippen molar-refractivity contribution < 1.29 is 4.79 Å². The number of nitrogens with zero attached hydrogens (tertiary/aromatic N) is 5. The zero-order valence-electron chi connectivity index (χ0n) is 13.6. The lowest BCUT2D eigenvalue weighted by Crippen LogP contribution is -2.23. The van der Waals surface area contributed by atoms with Gasteiger partial charge >= 0.3 is 0 Å². The fraction of sp³-hybridized carbons (Fsp3) is 0.188. The van der Waals surface area contributed by atoms with E-state index in [0.717, 1.165) is 15.8 Å². The van der Waals surface area contributed by atoms with Crippen molar-refractivity contribution in [3.8, 4) is 0 Å². The summed E-state index contributed by atoms with van der Waals surface area (Å²) in [6.07, 6.45) is 2.85. The smallest absolute Gasteiger partial charge is 0.279 e. The predicted octanol–water partition coefficient (Wildman–Crippen LogP) is 1.69. The molecule has 25 heavy (non-hydrogen) atoms. The number of amides is 1. The first-order chi connectivity index (χ1) is 12.0. The molecule has 0 unspecified atom stereocenters. The number of nitrogens with one attached hydrogen (secondary N) is 1. The fourth-order valence-corrected chi connectivity index (χ4v) is 3.54. The van der Waals surface area contributed by atoms with Crippen LogP contribution >= 0.6 is 11.3 Å². The van der Waals surface area contributed by atoms with Crippen LogP contribution in [0.25, 0.3) is 21.4 Å². The lowest BCUT2D eigenvalue weighted by molar-refractivity contribution is -0.116. The van der Waals surface area contributed by atoms with Crippen LogP contribution in [0.1, 0.15) is 5.56 Å². The largest absolute Gasteiger partial charge is 0.315 e. The molecule has 0 spiro atoms. The maximum absolute atomic E-state index is 12.3. The molecule has 0 bridgehead atoms. The second-order valence-corrected chi connectivity index (χ2v) is 6.77. The van der Waals surface area contributed by atoms with Crippen LogP contribution in [-0.4, -0.2) is 30.0 Å². The first-order valence-corrected chi connectivity index (χ1v) is 8.36. The Hall–Kier alpha value is -3.07. The van der Waals surface area contributed by atoms with Crippen LogP contribution in [-0.2, 0) is 18.4 Å². The number of aromatic nitrogens is 5. The number of hydrogen-bond donors (Lipinski definition) is 1. The van der Waals surface area contributed by atoms with E-state index in [2.05, 4.69) is 20.3 Å². The van der Waals surface area contributed by atoms with E-state index in [1.165, 1.54) is 33.1 Å². The molecule has 1 aromatic carbocycles. The van der Waals surface area contributed by atoms with Crippen molar-refractivity contribution in [2.45, 2.75) is 13.5 Å². The Labute approximate surface area is 145 Å². The number of thiazole rings is 1. The van der Waals surface area contributed by atoms with E-state index in [9.17, 15) is 9.59 Å². The first kappa shape index (κ1) is 15.5. The van der Waals surface area contributed by atoms with Crippen LogP contribution in [0.3, 0.4) is 0 Å². The molecular formula is C16H14N6O2S. The average molecular weight is 354 g/mol. The normalized spacial score (nSPS) is 11.3. The Morgan fingerprint density at radius 1 is 1.28 bits per heavy atom. The third kappa shape index (κ3) is 2.78. The van der Waals surface area contributed by atoms with E-state index in [0.29, 0.717) is 16.3 Å². The van der Waals surface area contributed by atoms with Crippen molar-refractivity contribution in [2.24, 2.45) is 7.05 Å². The van der Waals surface area contributed by atoms with Gasteiger partial charge in [0, 0.05) is 7.05 Å². The summed E-state index contributed by atoms with van der Waals surface area (Å²) in [5, 5.41) is 3.31. The van der Waals surface area contributed by atoms with E-state index < -0.39 is 0 Å². The molecule has 3 aromatic heterocycles. The minimum atomic E-state index is -0.277. The summed E-state index contributed by atoms with van der Waals surface area (Å²) in [5.74, 6) is -0.277. The third-order valence-corrected chi connectivity index (χ3v) is 4.73. The van der Waals surface area contributed by atoms with Crippen LogP contribution in [0.2, 0.25) is 0 Å². The highest BCUT2D eigenvalue weighted by Gasteiger charge is 2.13. The molecule has 0 atom stereocenters. The van der Waals surface area contributed by atoms with Gasteiger partial charge < -0.3 is 14.5 Å². The summed E-state index contributed by atoms with van der Waals surface area (Å²) in [7, 11) is 1.61. The van der Waals surface area contributed by atoms with Crippen LogP contribution in [0.5, 0.6) is 0 Å². The van der Waals surface area contributed by atoms with Crippen molar-refractivity contribution in [3.63, 3.8) is 0 Å².